The van der Waals surface area contributed by atoms with E-state index >= 15 is 0 Å². The number of methoxy groups -OCH3 is 1. The quantitative estimate of drug-likeness (QED) is 0.609. The fraction of sp³-hybridized carbons (Fsp3) is 0.778. The molecular weight excluding hydrogens is 200 g/mol. The average molecular weight is 218 g/mol. The summed E-state index contributed by atoms with van der Waals surface area (Å²) in [4.78, 5) is 21.9. The number of carbonyl (C=O) groups excluding carboxylic acids is 2. The van der Waals surface area contributed by atoms with Crippen molar-refractivity contribution in [3.05, 3.63) is 0 Å². The van der Waals surface area contributed by atoms with E-state index in [2.05, 4.69) is 15.4 Å². The minimum Gasteiger partial charge on any atom is -0.465 e. The van der Waals surface area contributed by atoms with Crippen molar-refractivity contribution >= 4 is 12.0 Å². The zero-order valence-electron chi connectivity index (χ0n) is 9.33. The van der Waals surface area contributed by atoms with E-state index in [1.165, 1.54) is 0 Å². The number of carbonyl (C=O) groups is 2. The molecule has 0 saturated carbocycles. The van der Waals surface area contributed by atoms with Crippen LogP contribution in [0, 0.1) is 0 Å². The Bertz CT molecular complexity index is 208. The summed E-state index contributed by atoms with van der Waals surface area (Å²) < 4.78 is 9.56. The predicted molar refractivity (Wildman–Crippen MR) is 54.5 cm³/mol. The first kappa shape index (κ1) is 13.7. The summed E-state index contributed by atoms with van der Waals surface area (Å²) in [7, 11) is 1.56. The van der Waals surface area contributed by atoms with Gasteiger partial charge in [0.1, 0.15) is 6.54 Å². The molecular formula is C9H18N2O4. The Morgan fingerprint density at radius 3 is 2.53 bits per heavy atom. The fourth-order valence-corrected chi connectivity index (χ4v) is 0.747. The molecule has 2 N–H and O–H groups in total. The van der Waals surface area contributed by atoms with Gasteiger partial charge in [0.25, 0.3) is 0 Å². The molecule has 15 heavy (non-hydrogen) atoms. The van der Waals surface area contributed by atoms with E-state index in [9.17, 15) is 9.59 Å². The number of ether oxygens (including phenoxy) is 2. The van der Waals surface area contributed by atoms with Gasteiger partial charge in [0.2, 0.25) is 0 Å². The van der Waals surface area contributed by atoms with Gasteiger partial charge >= 0.3 is 12.0 Å². The summed E-state index contributed by atoms with van der Waals surface area (Å²) in [6, 6.07) is -0.410. The van der Waals surface area contributed by atoms with E-state index < -0.39 is 12.0 Å². The van der Waals surface area contributed by atoms with Crippen LogP contribution < -0.4 is 10.6 Å². The van der Waals surface area contributed by atoms with Crippen LogP contribution in [0.25, 0.3) is 0 Å². The Morgan fingerprint density at radius 2 is 2.00 bits per heavy atom. The van der Waals surface area contributed by atoms with Crippen molar-refractivity contribution in [2.45, 2.75) is 20.0 Å². The van der Waals surface area contributed by atoms with E-state index in [1.54, 1.807) is 14.0 Å². The number of rotatable bonds is 6. The third kappa shape index (κ3) is 7.75. The highest BCUT2D eigenvalue weighted by atomic mass is 16.5. The number of hydrogen-bond donors (Lipinski definition) is 2. The summed E-state index contributed by atoms with van der Waals surface area (Å²) in [6.45, 7) is 4.11. The van der Waals surface area contributed by atoms with Crippen LogP contribution in [0.15, 0.2) is 0 Å². The van der Waals surface area contributed by atoms with Crippen molar-refractivity contribution in [1.29, 1.82) is 0 Å². The number of amides is 2. The summed E-state index contributed by atoms with van der Waals surface area (Å²) in [6.07, 6.45) is -0.0571. The Morgan fingerprint density at radius 1 is 1.33 bits per heavy atom. The number of hydrogen-bond acceptors (Lipinski definition) is 4. The van der Waals surface area contributed by atoms with Gasteiger partial charge in [-0.2, -0.15) is 0 Å². The number of esters is 1. The molecule has 88 valence electrons. The Balaban J connectivity index is 3.53. The van der Waals surface area contributed by atoms with Crippen molar-refractivity contribution in [1.82, 2.24) is 10.6 Å². The van der Waals surface area contributed by atoms with Crippen molar-refractivity contribution in [2.24, 2.45) is 0 Å². The van der Waals surface area contributed by atoms with E-state index in [1.807, 2.05) is 6.92 Å². The van der Waals surface area contributed by atoms with Crippen molar-refractivity contribution in [3.63, 3.8) is 0 Å². The average Bonchev–Trinajstić information content (AvgIpc) is 2.23. The molecule has 0 rings (SSSR count). The maximum absolute atomic E-state index is 11.1. The molecule has 0 saturated heterocycles. The van der Waals surface area contributed by atoms with Crippen LogP contribution in [0.3, 0.4) is 0 Å². The van der Waals surface area contributed by atoms with E-state index in [-0.39, 0.29) is 12.6 Å². The molecule has 0 aromatic rings. The molecule has 0 spiro atoms. The van der Waals surface area contributed by atoms with Crippen LogP contribution in [0.4, 0.5) is 4.79 Å². The normalized spacial score (nSPS) is 11.7. The molecule has 0 aromatic carbocycles. The first-order chi connectivity index (χ1) is 7.10. The zero-order valence-corrected chi connectivity index (χ0v) is 9.33. The number of nitrogens with one attached hydrogen (secondary N) is 2. The maximum Gasteiger partial charge on any atom is 0.325 e. The molecule has 0 aliphatic rings. The van der Waals surface area contributed by atoms with Gasteiger partial charge in [-0.3, -0.25) is 4.79 Å². The second-order valence-corrected chi connectivity index (χ2v) is 2.91. The SMILES string of the molecule is CCOC(=O)CNC(=O)NCC(C)OC. The van der Waals surface area contributed by atoms with Crippen molar-refractivity contribution < 1.29 is 19.1 Å². The van der Waals surface area contributed by atoms with E-state index in [0.717, 1.165) is 0 Å². The third-order valence-electron chi connectivity index (χ3n) is 1.65. The van der Waals surface area contributed by atoms with Gasteiger partial charge in [0.15, 0.2) is 0 Å². The van der Waals surface area contributed by atoms with E-state index in [4.69, 9.17) is 4.74 Å². The lowest BCUT2D eigenvalue weighted by molar-refractivity contribution is -0.141. The van der Waals surface area contributed by atoms with Crippen LogP contribution in [0.2, 0.25) is 0 Å². The van der Waals surface area contributed by atoms with Gasteiger partial charge in [0.05, 0.1) is 12.7 Å². The molecule has 0 bridgehead atoms. The standard InChI is InChI=1S/C9H18N2O4/c1-4-15-8(12)6-11-9(13)10-5-7(2)14-3/h7H,4-6H2,1-3H3,(H2,10,11,13). The molecule has 2 amide bonds. The highest BCUT2D eigenvalue weighted by Crippen LogP contribution is 1.83. The summed E-state index contributed by atoms with van der Waals surface area (Å²) in [5.41, 5.74) is 0. The minimum atomic E-state index is -0.451. The molecule has 6 nitrogen and oxygen atoms in total. The smallest absolute Gasteiger partial charge is 0.325 e. The highest BCUT2D eigenvalue weighted by molar-refractivity contribution is 5.80. The second kappa shape index (κ2) is 8.05. The monoisotopic (exact) mass is 218 g/mol. The Labute approximate surface area is 89.3 Å². The molecule has 0 aromatic heterocycles. The number of urea groups is 1. The fourth-order valence-electron chi connectivity index (χ4n) is 0.747. The van der Waals surface area contributed by atoms with Gasteiger partial charge in [-0.1, -0.05) is 0 Å². The lowest BCUT2D eigenvalue weighted by Crippen LogP contribution is -2.41. The van der Waals surface area contributed by atoms with Gasteiger partial charge in [0, 0.05) is 13.7 Å². The molecule has 1 atom stereocenters. The molecule has 0 fully saturated rings. The lowest BCUT2D eigenvalue weighted by Gasteiger charge is -2.11. The maximum atomic E-state index is 11.1. The third-order valence-corrected chi connectivity index (χ3v) is 1.65. The van der Waals surface area contributed by atoms with Gasteiger partial charge in [-0.15, -0.1) is 0 Å². The van der Waals surface area contributed by atoms with Gasteiger partial charge < -0.3 is 20.1 Å². The summed E-state index contributed by atoms with van der Waals surface area (Å²) in [5.74, 6) is -0.451. The van der Waals surface area contributed by atoms with E-state index in [0.29, 0.717) is 13.2 Å². The summed E-state index contributed by atoms with van der Waals surface area (Å²) in [5, 5.41) is 4.91. The van der Waals surface area contributed by atoms with Crippen LogP contribution in [0.1, 0.15) is 13.8 Å². The summed E-state index contributed by atoms with van der Waals surface area (Å²) >= 11 is 0. The van der Waals surface area contributed by atoms with Gasteiger partial charge in [-0.05, 0) is 13.8 Å². The minimum absolute atomic E-state index is 0.0571. The first-order valence-corrected chi connectivity index (χ1v) is 4.80. The largest absolute Gasteiger partial charge is 0.465 e. The second-order valence-electron chi connectivity index (χ2n) is 2.91. The molecule has 6 heteroatoms. The van der Waals surface area contributed by atoms with Crippen LogP contribution in [-0.2, 0) is 14.3 Å². The first-order valence-electron chi connectivity index (χ1n) is 4.80. The van der Waals surface area contributed by atoms with Crippen LogP contribution in [-0.4, -0.2) is 44.9 Å². The predicted octanol–water partition coefficient (Wildman–Crippen LogP) is -0.116. The zero-order chi connectivity index (χ0) is 11.7. The molecule has 0 aliphatic heterocycles. The van der Waals surface area contributed by atoms with Crippen molar-refractivity contribution in [3.8, 4) is 0 Å². The highest BCUT2D eigenvalue weighted by Gasteiger charge is 2.06. The molecule has 0 radical (unpaired) electrons. The Hall–Kier alpha value is -1.30. The molecule has 0 heterocycles. The topological polar surface area (TPSA) is 76.7 Å². The Kier molecular flexibility index (Phi) is 7.35. The molecule has 0 aliphatic carbocycles. The van der Waals surface area contributed by atoms with Gasteiger partial charge in [-0.25, -0.2) is 4.79 Å². The van der Waals surface area contributed by atoms with Crippen LogP contribution >= 0.6 is 0 Å². The lowest BCUT2D eigenvalue weighted by atomic mass is 10.4. The van der Waals surface area contributed by atoms with Crippen LogP contribution in [0.5, 0.6) is 0 Å². The molecule has 1 unspecified atom stereocenters. The van der Waals surface area contributed by atoms with Crippen molar-refractivity contribution in [2.75, 3.05) is 26.8 Å².